The first-order valence-electron chi connectivity index (χ1n) is 8.51. The van der Waals surface area contributed by atoms with Crippen molar-refractivity contribution in [3.63, 3.8) is 0 Å². The maximum absolute atomic E-state index is 12.6. The Bertz CT molecular complexity index is 968. The number of ether oxygens (including phenoxy) is 1. The van der Waals surface area contributed by atoms with Crippen molar-refractivity contribution in [2.75, 3.05) is 12.4 Å². The lowest BCUT2D eigenvalue weighted by Gasteiger charge is -2.11. The van der Waals surface area contributed by atoms with E-state index in [-0.39, 0.29) is 12.3 Å². The molecule has 1 N–H and O–H groups in total. The Balaban J connectivity index is 1.61. The van der Waals surface area contributed by atoms with Crippen LogP contribution in [-0.4, -0.2) is 22.8 Å². The molecular formula is C20H18ClN3O2S. The van der Waals surface area contributed by atoms with E-state index in [1.807, 2.05) is 41.1 Å². The largest absolute Gasteiger partial charge is 0.497 e. The Morgan fingerprint density at radius 2 is 1.93 bits per heavy atom. The number of nitrogens with one attached hydrogen (secondary N) is 1. The summed E-state index contributed by atoms with van der Waals surface area (Å²) in [6.45, 7) is 0. The van der Waals surface area contributed by atoms with Crippen LogP contribution in [0.1, 0.15) is 16.8 Å². The first kappa shape index (κ1) is 17.9. The zero-order valence-corrected chi connectivity index (χ0v) is 16.3. The molecule has 2 heterocycles. The number of methoxy groups -OCH3 is 1. The highest BCUT2D eigenvalue weighted by atomic mass is 35.5. The van der Waals surface area contributed by atoms with Crippen molar-refractivity contribution >= 4 is 35.1 Å². The molecule has 0 saturated carbocycles. The molecule has 5 nitrogen and oxygen atoms in total. The van der Waals surface area contributed by atoms with Crippen molar-refractivity contribution in [2.45, 2.75) is 17.9 Å². The second-order valence-electron chi connectivity index (χ2n) is 6.23. The van der Waals surface area contributed by atoms with Gasteiger partial charge in [0.1, 0.15) is 11.6 Å². The molecule has 0 spiro atoms. The number of thioether (sulfide) groups is 1. The van der Waals surface area contributed by atoms with Crippen molar-refractivity contribution in [3.05, 3.63) is 70.4 Å². The summed E-state index contributed by atoms with van der Waals surface area (Å²) in [5, 5.41) is 8.43. The summed E-state index contributed by atoms with van der Waals surface area (Å²) in [6, 6.07) is 14.9. The second-order valence-corrected chi connectivity index (χ2v) is 7.65. The fourth-order valence-electron chi connectivity index (χ4n) is 3.02. The zero-order valence-electron chi connectivity index (χ0n) is 14.7. The van der Waals surface area contributed by atoms with E-state index < -0.39 is 0 Å². The lowest BCUT2D eigenvalue weighted by Crippen LogP contribution is -2.18. The normalized spacial score (nSPS) is 12.7. The van der Waals surface area contributed by atoms with E-state index in [2.05, 4.69) is 5.32 Å². The number of anilines is 1. The highest BCUT2D eigenvalue weighted by molar-refractivity contribution is 7.98. The summed E-state index contributed by atoms with van der Waals surface area (Å²) in [5.74, 6) is 3.16. The standard InChI is InChI=1S/C20H18ClN3O2S/c1-26-16-8-6-15(7-9-16)24-20(17-11-27-12-18(17)23-24)22-19(25)10-13-2-4-14(21)5-3-13/h2-9H,10-12H2,1H3,(H,22,25). The molecule has 4 rings (SSSR count). The van der Waals surface area contributed by atoms with Crippen LogP contribution in [0.15, 0.2) is 48.5 Å². The number of benzene rings is 2. The third-order valence-corrected chi connectivity index (χ3v) is 5.63. The van der Waals surface area contributed by atoms with E-state index in [4.69, 9.17) is 21.4 Å². The Hall–Kier alpha value is -2.44. The van der Waals surface area contributed by atoms with Crippen molar-refractivity contribution in [1.82, 2.24) is 9.78 Å². The molecule has 1 aliphatic rings. The molecule has 0 aliphatic carbocycles. The third-order valence-electron chi connectivity index (χ3n) is 4.40. The predicted molar refractivity (Wildman–Crippen MR) is 109 cm³/mol. The van der Waals surface area contributed by atoms with Crippen LogP contribution in [0.3, 0.4) is 0 Å². The van der Waals surface area contributed by atoms with Gasteiger partial charge in [0, 0.05) is 22.1 Å². The molecule has 0 radical (unpaired) electrons. The zero-order chi connectivity index (χ0) is 18.8. The van der Waals surface area contributed by atoms with Crippen LogP contribution < -0.4 is 10.1 Å². The molecule has 1 aromatic heterocycles. The van der Waals surface area contributed by atoms with E-state index >= 15 is 0 Å². The number of carbonyl (C=O) groups excluding carboxylic acids is 1. The van der Waals surface area contributed by atoms with Crippen molar-refractivity contribution in [1.29, 1.82) is 0 Å². The van der Waals surface area contributed by atoms with Crippen LogP contribution in [-0.2, 0) is 22.7 Å². The van der Waals surface area contributed by atoms with Crippen molar-refractivity contribution < 1.29 is 9.53 Å². The molecule has 0 bridgehead atoms. The molecular weight excluding hydrogens is 382 g/mol. The molecule has 0 fully saturated rings. The van der Waals surface area contributed by atoms with Gasteiger partial charge in [-0.1, -0.05) is 23.7 Å². The molecule has 7 heteroatoms. The van der Waals surface area contributed by atoms with E-state index in [0.29, 0.717) is 5.02 Å². The molecule has 0 unspecified atom stereocenters. The van der Waals surface area contributed by atoms with Crippen molar-refractivity contribution in [2.24, 2.45) is 0 Å². The van der Waals surface area contributed by atoms with Crippen LogP contribution >= 0.6 is 23.4 Å². The third kappa shape index (κ3) is 3.82. The molecule has 2 aromatic carbocycles. The second kappa shape index (κ2) is 7.66. The summed E-state index contributed by atoms with van der Waals surface area (Å²) in [5.41, 5.74) is 3.92. The summed E-state index contributed by atoms with van der Waals surface area (Å²) in [7, 11) is 1.64. The number of amides is 1. The Kier molecular flexibility index (Phi) is 5.09. The van der Waals surface area contributed by atoms with Gasteiger partial charge in [-0.05, 0) is 42.0 Å². The predicted octanol–water partition coefficient (Wildman–Crippen LogP) is 4.46. The quantitative estimate of drug-likeness (QED) is 0.688. The average molecular weight is 400 g/mol. The fourth-order valence-corrected chi connectivity index (χ4v) is 4.18. The van der Waals surface area contributed by atoms with Gasteiger partial charge in [0.25, 0.3) is 0 Å². The van der Waals surface area contributed by atoms with Gasteiger partial charge >= 0.3 is 0 Å². The maximum atomic E-state index is 12.6. The van der Waals surface area contributed by atoms with Gasteiger partial charge in [0.2, 0.25) is 5.91 Å². The number of hydrogen-bond acceptors (Lipinski definition) is 4. The van der Waals surface area contributed by atoms with Crippen molar-refractivity contribution in [3.8, 4) is 11.4 Å². The van der Waals surface area contributed by atoms with Crippen LogP contribution in [0.5, 0.6) is 5.75 Å². The lowest BCUT2D eigenvalue weighted by atomic mass is 10.1. The Morgan fingerprint density at radius 3 is 2.63 bits per heavy atom. The van der Waals surface area contributed by atoms with Gasteiger partial charge in [-0.2, -0.15) is 16.9 Å². The summed E-state index contributed by atoms with van der Waals surface area (Å²) >= 11 is 7.72. The molecule has 0 saturated heterocycles. The maximum Gasteiger partial charge on any atom is 0.229 e. The minimum Gasteiger partial charge on any atom is -0.497 e. The minimum absolute atomic E-state index is 0.0771. The molecule has 1 amide bonds. The van der Waals surface area contributed by atoms with E-state index in [0.717, 1.165) is 45.6 Å². The number of nitrogens with zero attached hydrogens (tertiary/aromatic N) is 2. The number of rotatable bonds is 5. The van der Waals surface area contributed by atoms with Crippen LogP contribution in [0.2, 0.25) is 5.02 Å². The van der Waals surface area contributed by atoms with Gasteiger partial charge in [0.15, 0.2) is 0 Å². The molecule has 138 valence electrons. The number of aromatic nitrogens is 2. The van der Waals surface area contributed by atoms with Gasteiger partial charge in [-0.15, -0.1) is 0 Å². The Labute approximate surface area is 166 Å². The minimum atomic E-state index is -0.0771. The van der Waals surface area contributed by atoms with Gasteiger partial charge in [0.05, 0.1) is 24.9 Å². The van der Waals surface area contributed by atoms with E-state index in [9.17, 15) is 4.79 Å². The first-order chi connectivity index (χ1) is 13.1. The van der Waals surface area contributed by atoms with Crippen LogP contribution in [0, 0.1) is 0 Å². The summed E-state index contributed by atoms with van der Waals surface area (Å²) in [4.78, 5) is 12.6. The van der Waals surface area contributed by atoms with Gasteiger partial charge in [-0.25, -0.2) is 4.68 Å². The van der Waals surface area contributed by atoms with E-state index in [1.54, 1.807) is 31.0 Å². The number of hydrogen-bond donors (Lipinski definition) is 1. The highest BCUT2D eigenvalue weighted by Gasteiger charge is 2.24. The molecule has 0 atom stereocenters. The topological polar surface area (TPSA) is 56.1 Å². The van der Waals surface area contributed by atoms with E-state index in [1.165, 1.54) is 0 Å². The molecule has 1 aliphatic heterocycles. The monoisotopic (exact) mass is 399 g/mol. The Morgan fingerprint density at radius 1 is 1.19 bits per heavy atom. The van der Waals surface area contributed by atoms with Gasteiger partial charge in [-0.3, -0.25) is 4.79 Å². The number of halogens is 1. The van der Waals surface area contributed by atoms with Crippen LogP contribution in [0.25, 0.3) is 5.69 Å². The average Bonchev–Trinajstić information content (AvgIpc) is 3.26. The van der Waals surface area contributed by atoms with Crippen LogP contribution in [0.4, 0.5) is 5.82 Å². The number of fused-ring (bicyclic) bond motifs is 1. The number of carbonyl (C=O) groups is 1. The molecule has 27 heavy (non-hydrogen) atoms. The smallest absolute Gasteiger partial charge is 0.229 e. The summed E-state index contributed by atoms with van der Waals surface area (Å²) < 4.78 is 7.03. The fraction of sp³-hybridized carbons (Fsp3) is 0.200. The van der Waals surface area contributed by atoms with Gasteiger partial charge < -0.3 is 10.1 Å². The first-order valence-corrected chi connectivity index (χ1v) is 10.0. The molecule has 3 aromatic rings. The lowest BCUT2D eigenvalue weighted by molar-refractivity contribution is -0.115. The summed E-state index contributed by atoms with van der Waals surface area (Å²) in [6.07, 6.45) is 0.285. The SMILES string of the molecule is COc1ccc(-n2nc3c(c2NC(=O)Cc2ccc(Cl)cc2)CSC3)cc1. The highest BCUT2D eigenvalue weighted by Crippen LogP contribution is 2.36.